The molecule has 2 saturated heterocycles. The summed E-state index contributed by atoms with van der Waals surface area (Å²) < 4.78 is 37.7. The summed E-state index contributed by atoms with van der Waals surface area (Å²) in [5, 5.41) is 3.05. The minimum absolute atomic E-state index is 0.195. The van der Waals surface area contributed by atoms with Crippen LogP contribution >= 0.6 is 11.3 Å². The van der Waals surface area contributed by atoms with Crippen molar-refractivity contribution in [3.8, 4) is 0 Å². The number of aliphatic imine (C=N–C) groups is 1. The highest BCUT2D eigenvalue weighted by molar-refractivity contribution is 7.91. The van der Waals surface area contributed by atoms with E-state index in [4.69, 9.17) is 15.2 Å². The number of thiophene rings is 1. The first-order chi connectivity index (χ1) is 12.1. The molecule has 10 heteroatoms. The third kappa shape index (κ3) is 4.91. The van der Waals surface area contributed by atoms with Gasteiger partial charge in [0, 0.05) is 31.1 Å². The van der Waals surface area contributed by atoms with Gasteiger partial charge in [0.1, 0.15) is 4.21 Å². The van der Waals surface area contributed by atoms with Gasteiger partial charge in [0.25, 0.3) is 10.0 Å². The summed E-state index contributed by atoms with van der Waals surface area (Å²) >= 11 is 1.23. The van der Waals surface area contributed by atoms with Crippen LogP contribution in [0.15, 0.2) is 21.3 Å². The fraction of sp³-hybridized carbons (Fsp3) is 0.667. The van der Waals surface area contributed by atoms with E-state index in [0.29, 0.717) is 49.6 Å². The molecule has 2 fully saturated rings. The number of hydrogen-bond acceptors (Lipinski definition) is 6. The lowest BCUT2D eigenvalue weighted by atomic mass is 10.2. The van der Waals surface area contributed by atoms with Crippen LogP contribution in [0, 0.1) is 0 Å². The number of nitrogens with two attached hydrogens (primary N) is 1. The second kappa shape index (κ2) is 8.45. The largest absolute Gasteiger partial charge is 0.379 e. The van der Waals surface area contributed by atoms with Crippen LogP contribution in [0.2, 0.25) is 0 Å². The Morgan fingerprint density at radius 1 is 1.36 bits per heavy atom. The SMILES string of the molecule is NC(=NCc1ccc(S(=O)(=O)N2CCOCC2)s1)NCC1CCCO1. The van der Waals surface area contributed by atoms with E-state index in [1.54, 1.807) is 12.1 Å². The molecule has 0 bridgehead atoms. The van der Waals surface area contributed by atoms with Gasteiger partial charge < -0.3 is 20.5 Å². The smallest absolute Gasteiger partial charge is 0.252 e. The summed E-state index contributed by atoms with van der Waals surface area (Å²) in [6, 6.07) is 3.42. The molecule has 0 saturated carbocycles. The molecule has 3 N–H and O–H groups in total. The molecule has 0 aromatic carbocycles. The molecule has 1 unspecified atom stereocenters. The average molecular weight is 389 g/mol. The maximum Gasteiger partial charge on any atom is 0.252 e. The molecule has 0 spiro atoms. The third-order valence-corrected chi connectivity index (χ3v) is 7.58. The molecular formula is C15H24N4O4S2. The Morgan fingerprint density at radius 2 is 2.16 bits per heavy atom. The maximum absolute atomic E-state index is 12.6. The molecule has 0 amide bonds. The first kappa shape index (κ1) is 18.6. The number of hydrogen-bond donors (Lipinski definition) is 2. The van der Waals surface area contributed by atoms with Gasteiger partial charge in [0.2, 0.25) is 0 Å². The van der Waals surface area contributed by atoms with Crippen molar-refractivity contribution in [2.45, 2.75) is 29.7 Å². The van der Waals surface area contributed by atoms with Crippen molar-refractivity contribution in [2.75, 3.05) is 39.5 Å². The molecule has 2 aliphatic rings. The average Bonchev–Trinajstić information content (AvgIpc) is 3.31. The molecule has 140 valence electrons. The van der Waals surface area contributed by atoms with E-state index in [0.717, 1.165) is 24.3 Å². The van der Waals surface area contributed by atoms with Gasteiger partial charge in [-0.1, -0.05) is 0 Å². The topological polar surface area (TPSA) is 106 Å². The lowest BCUT2D eigenvalue weighted by molar-refractivity contribution is 0.0731. The Balaban J connectivity index is 1.54. The fourth-order valence-electron chi connectivity index (χ4n) is 2.74. The maximum atomic E-state index is 12.6. The Morgan fingerprint density at radius 3 is 2.88 bits per heavy atom. The van der Waals surface area contributed by atoms with Crippen molar-refractivity contribution in [1.29, 1.82) is 0 Å². The number of sulfonamides is 1. The van der Waals surface area contributed by atoms with E-state index >= 15 is 0 Å². The van der Waals surface area contributed by atoms with Crippen molar-refractivity contribution >= 4 is 27.3 Å². The molecular weight excluding hydrogens is 364 g/mol. The fourth-order valence-corrected chi connectivity index (χ4v) is 5.58. The van der Waals surface area contributed by atoms with Crippen LogP contribution in [-0.2, 0) is 26.0 Å². The zero-order valence-electron chi connectivity index (χ0n) is 14.0. The molecule has 1 aromatic rings. The van der Waals surface area contributed by atoms with Crippen LogP contribution in [0.5, 0.6) is 0 Å². The van der Waals surface area contributed by atoms with Crippen molar-refractivity contribution in [2.24, 2.45) is 10.7 Å². The molecule has 3 rings (SSSR count). The second-order valence-corrected chi connectivity index (χ2v) is 9.29. The first-order valence-electron chi connectivity index (χ1n) is 8.38. The summed E-state index contributed by atoms with van der Waals surface area (Å²) in [4.78, 5) is 5.13. The predicted molar refractivity (Wildman–Crippen MR) is 96.2 cm³/mol. The van der Waals surface area contributed by atoms with Crippen LogP contribution in [0.1, 0.15) is 17.7 Å². The van der Waals surface area contributed by atoms with Gasteiger partial charge in [-0.25, -0.2) is 13.4 Å². The quantitative estimate of drug-likeness (QED) is 0.538. The minimum Gasteiger partial charge on any atom is -0.379 e. The van der Waals surface area contributed by atoms with Crippen molar-refractivity contribution in [3.05, 3.63) is 17.0 Å². The number of guanidine groups is 1. The Bertz CT molecular complexity index is 692. The van der Waals surface area contributed by atoms with Gasteiger partial charge in [-0.15, -0.1) is 11.3 Å². The van der Waals surface area contributed by atoms with Crippen LogP contribution in [0.25, 0.3) is 0 Å². The Kier molecular flexibility index (Phi) is 6.29. The number of rotatable bonds is 6. The number of nitrogens with one attached hydrogen (secondary N) is 1. The Labute approximate surface area is 152 Å². The van der Waals surface area contributed by atoms with E-state index in [1.165, 1.54) is 15.6 Å². The lowest BCUT2D eigenvalue weighted by Crippen LogP contribution is -2.40. The van der Waals surface area contributed by atoms with Crippen molar-refractivity contribution in [3.63, 3.8) is 0 Å². The molecule has 3 heterocycles. The number of morpholine rings is 1. The van der Waals surface area contributed by atoms with Gasteiger partial charge in [0.05, 0.1) is 25.9 Å². The van der Waals surface area contributed by atoms with Crippen LogP contribution in [0.3, 0.4) is 0 Å². The number of ether oxygens (including phenoxy) is 2. The van der Waals surface area contributed by atoms with Gasteiger partial charge in [0.15, 0.2) is 5.96 Å². The highest BCUT2D eigenvalue weighted by Crippen LogP contribution is 2.26. The van der Waals surface area contributed by atoms with Gasteiger partial charge in [-0.3, -0.25) is 0 Å². The zero-order chi connectivity index (χ0) is 17.7. The van der Waals surface area contributed by atoms with E-state index in [9.17, 15) is 8.42 Å². The molecule has 2 aliphatic heterocycles. The lowest BCUT2D eigenvalue weighted by Gasteiger charge is -2.25. The minimum atomic E-state index is -3.44. The van der Waals surface area contributed by atoms with E-state index < -0.39 is 10.0 Å². The summed E-state index contributed by atoms with van der Waals surface area (Å²) in [5.74, 6) is 0.349. The van der Waals surface area contributed by atoms with Gasteiger partial charge >= 0.3 is 0 Å². The highest BCUT2D eigenvalue weighted by Gasteiger charge is 2.27. The third-order valence-electron chi connectivity index (χ3n) is 4.14. The molecule has 8 nitrogen and oxygen atoms in total. The van der Waals surface area contributed by atoms with Crippen molar-refractivity contribution < 1.29 is 17.9 Å². The summed E-state index contributed by atoms with van der Waals surface area (Å²) in [5.41, 5.74) is 5.86. The van der Waals surface area contributed by atoms with Crippen LogP contribution < -0.4 is 11.1 Å². The van der Waals surface area contributed by atoms with E-state index in [-0.39, 0.29) is 6.10 Å². The molecule has 1 aromatic heterocycles. The normalized spacial score (nSPS) is 23.0. The molecule has 1 atom stereocenters. The van der Waals surface area contributed by atoms with Crippen molar-refractivity contribution in [1.82, 2.24) is 9.62 Å². The monoisotopic (exact) mass is 388 g/mol. The first-order valence-corrected chi connectivity index (χ1v) is 10.6. The second-order valence-electron chi connectivity index (χ2n) is 5.95. The summed E-state index contributed by atoms with van der Waals surface area (Å²) in [6.45, 7) is 3.48. The number of nitrogens with zero attached hydrogens (tertiary/aromatic N) is 2. The summed E-state index contributed by atoms with van der Waals surface area (Å²) in [6.07, 6.45) is 2.31. The predicted octanol–water partition coefficient (Wildman–Crippen LogP) is 0.352. The molecule has 0 aliphatic carbocycles. The molecule has 0 radical (unpaired) electrons. The Hall–Kier alpha value is -1.20. The van der Waals surface area contributed by atoms with Crippen LogP contribution in [0.4, 0.5) is 0 Å². The zero-order valence-corrected chi connectivity index (χ0v) is 15.7. The van der Waals surface area contributed by atoms with E-state index in [1.807, 2.05) is 0 Å². The van der Waals surface area contributed by atoms with E-state index in [2.05, 4.69) is 10.3 Å². The highest BCUT2D eigenvalue weighted by atomic mass is 32.2. The standard InChI is InChI=1S/C15H24N4O4S2/c16-15(17-10-12-2-1-7-23-12)18-11-13-3-4-14(24-13)25(20,21)19-5-8-22-9-6-19/h3-4,12H,1-2,5-11H2,(H3,16,17,18). The van der Waals surface area contributed by atoms with Crippen LogP contribution in [-0.4, -0.2) is 64.2 Å². The summed E-state index contributed by atoms with van der Waals surface area (Å²) in [7, 11) is -3.44. The molecule has 25 heavy (non-hydrogen) atoms. The van der Waals surface area contributed by atoms with Gasteiger partial charge in [-0.2, -0.15) is 4.31 Å². The van der Waals surface area contributed by atoms with Gasteiger partial charge in [-0.05, 0) is 25.0 Å².